The number of hydrogen-bond donors (Lipinski definition) is 0. The van der Waals surface area contributed by atoms with Gasteiger partial charge in [-0.05, 0) is 43.1 Å². The summed E-state index contributed by atoms with van der Waals surface area (Å²) in [6, 6.07) is 9.49. The largest absolute Gasteiger partial charge is 0.133 e. The van der Waals surface area contributed by atoms with Gasteiger partial charge in [-0.2, -0.15) is 0 Å². The van der Waals surface area contributed by atoms with E-state index in [0.717, 1.165) is 0 Å². The molecule has 0 saturated carbocycles. The second-order valence-corrected chi connectivity index (χ2v) is 9.75. The van der Waals surface area contributed by atoms with Crippen molar-refractivity contribution in [3.63, 3.8) is 0 Å². The monoisotopic (exact) mass is 349 g/mol. The first-order valence-electron chi connectivity index (χ1n) is 10.5. The van der Waals surface area contributed by atoms with Crippen molar-refractivity contribution in [1.82, 2.24) is 0 Å². The molecule has 1 aromatic rings. The van der Waals surface area contributed by atoms with Crippen LogP contribution >= 0.6 is 0 Å². The lowest BCUT2D eigenvalue weighted by Crippen LogP contribution is -2.10. The molecule has 0 unspecified atom stereocenters. The first kappa shape index (κ1) is 21.6. The van der Waals surface area contributed by atoms with E-state index in [2.05, 4.69) is 45.0 Å². The molecule has 24 heavy (non-hydrogen) atoms. The summed E-state index contributed by atoms with van der Waals surface area (Å²) in [5, 5.41) is 0. The minimum atomic E-state index is 0.591. The predicted molar refractivity (Wildman–Crippen MR) is 114 cm³/mol. The molecule has 0 radical (unpaired) electrons. The quantitative estimate of drug-likeness (QED) is 0.230. The van der Waals surface area contributed by atoms with E-state index < -0.39 is 0 Å². The van der Waals surface area contributed by atoms with E-state index >= 15 is 0 Å². The Bertz CT molecular complexity index is 378. The van der Waals surface area contributed by atoms with Gasteiger partial charge in [-0.25, -0.2) is 0 Å². The Labute approximate surface area is 155 Å². The highest BCUT2D eigenvalue weighted by molar-refractivity contribution is 7.96. The summed E-state index contributed by atoms with van der Waals surface area (Å²) in [5.74, 6) is 3.94. The molecule has 138 valence electrons. The van der Waals surface area contributed by atoms with E-state index in [-0.39, 0.29) is 0 Å². The van der Waals surface area contributed by atoms with E-state index in [1.807, 2.05) is 0 Å². The van der Waals surface area contributed by atoms with Crippen LogP contribution in [0.4, 0.5) is 0 Å². The maximum Gasteiger partial charge on any atom is 0.133 e. The van der Waals surface area contributed by atoms with E-state index in [9.17, 15) is 0 Å². The number of rotatable bonds is 15. The Morgan fingerprint density at radius 2 is 1.04 bits per heavy atom. The van der Waals surface area contributed by atoms with Crippen LogP contribution in [0.1, 0.15) is 96.1 Å². The number of unbranched alkanes of at least 4 members (excludes halogenated alkanes) is 9. The standard InChI is InChI=1S/C23H41S/c1-4-7-8-9-10-11-12-13-14-15-16-22-17-19-23(20-18-22)21-24(5-2)6-3/h17-20H,4-16,21H2,1-3H3/q+1. The molecular weight excluding hydrogens is 308 g/mol. The van der Waals surface area contributed by atoms with E-state index in [1.54, 1.807) is 0 Å². The van der Waals surface area contributed by atoms with Crippen LogP contribution in [-0.4, -0.2) is 11.5 Å². The Kier molecular flexibility index (Phi) is 13.4. The van der Waals surface area contributed by atoms with Gasteiger partial charge in [-0.3, -0.25) is 0 Å². The van der Waals surface area contributed by atoms with Crippen LogP contribution < -0.4 is 0 Å². The Balaban J connectivity index is 2.05. The third-order valence-corrected chi connectivity index (χ3v) is 7.40. The van der Waals surface area contributed by atoms with Crippen LogP contribution in [0, 0.1) is 0 Å². The van der Waals surface area contributed by atoms with Crippen LogP contribution in [0.25, 0.3) is 0 Å². The fourth-order valence-electron chi connectivity index (χ4n) is 3.26. The molecule has 0 saturated heterocycles. The normalized spacial score (nSPS) is 11.3. The molecule has 0 nitrogen and oxygen atoms in total. The summed E-state index contributed by atoms with van der Waals surface area (Å²) < 4.78 is 0. The zero-order valence-corrected chi connectivity index (χ0v) is 17.4. The van der Waals surface area contributed by atoms with Gasteiger partial charge in [0.25, 0.3) is 0 Å². The molecule has 0 aliphatic carbocycles. The lowest BCUT2D eigenvalue weighted by Gasteiger charge is -2.06. The topological polar surface area (TPSA) is 0 Å². The Morgan fingerprint density at radius 3 is 1.54 bits per heavy atom. The summed E-state index contributed by atoms with van der Waals surface area (Å²) in [6.45, 7) is 6.94. The highest BCUT2D eigenvalue weighted by Gasteiger charge is 2.12. The molecule has 0 fully saturated rings. The molecule has 0 aliphatic rings. The van der Waals surface area contributed by atoms with E-state index in [1.165, 1.54) is 99.0 Å². The van der Waals surface area contributed by atoms with Crippen molar-refractivity contribution >= 4 is 10.9 Å². The highest BCUT2D eigenvalue weighted by Crippen LogP contribution is 2.14. The molecule has 1 heteroatoms. The molecule has 1 rings (SSSR count). The van der Waals surface area contributed by atoms with Crippen LogP contribution in [0.5, 0.6) is 0 Å². The third-order valence-electron chi connectivity index (χ3n) is 5.03. The van der Waals surface area contributed by atoms with Crippen LogP contribution in [0.15, 0.2) is 24.3 Å². The van der Waals surface area contributed by atoms with Crippen molar-refractivity contribution in [2.75, 3.05) is 11.5 Å². The lowest BCUT2D eigenvalue weighted by molar-refractivity contribution is 0.556. The van der Waals surface area contributed by atoms with Crippen molar-refractivity contribution in [1.29, 1.82) is 0 Å². The first-order valence-corrected chi connectivity index (χ1v) is 12.2. The molecule has 0 amide bonds. The van der Waals surface area contributed by atoms with Gasteiger partial charge in [0, 0.05) is 5.56 Å². The van der Waals surface area contributed by atoms with Crippen LogP contribution in [0.3, 0.4) is 0 Å². The van der Waals surface area contributed by atoms with Gasteiger partial charge in [0.05, 0.1) is 0 Å². The molecule has 0 heterocycles. The SMILES string of the molecule is CCCCCCCCCCCCc1ccc(C[S+](CC)CC)cc1. The van der Waals surface area contributed by atoms with Gasteiger partial charge in [0.2, 0.25) is 0 Å². The zero-order chi connectivity index (χ0) is 17.5. The molecule has 0 bridgehead atoms. The van der Waals surface area contributed by atoms with Crippen molar-refractivity contribution in [3.05, 3.63) is 35.4 Å². The molecule has 1 aromatic carbocycles. The van der Waals surface area contributed by atoms with Gasteiger partial charge in [-0.1, -0.05) is 89.0 Å². The average molecular weight is 350 g/mol. The van der Waals surface area contributed by atoms with Crippen molar-refractivity contribution in [3.8, 4) is 0 Å². The van der Waals surface area contributed by atoms with Gasteiger partial charge >= 0.3 is 0 Å². The summed E-state index contributed by atoms with van der Waals surface area (Å²) >= 11 is 0. The van der Waals surface area contributed by atoms with E-state index in [0.29, 0.717) is 10.9 Å². The summed E-state index contributed by atoms with van der Waals surface area (Å²) in [6.07, 6.45) is 15.5. The predicted octanol–water partition coefficient (Wildman–Crippen LogP) is 7.31. The first-order chi connectivity index (χ1) is 11.8. The van der Waals surface area contributed by atoms with Crippen molar-refractivity contribution in [2.24, 2.45) is 0 Å². The second-order valence-electron chi connectivity index (χ2n) is 7.08. The summed E-state index contributed by atoms with van der Waals surface area (Å²) in [5.41, 5.74) is 3.07. The second kappa shape index (κ2) is 14.9. The smallest absolute Gasteiger partial charge is 0.0654 e. The highest BCUT2D eigenvalue weighted by atomic mass is 32.2. The summed E-state index contributed by atoms with van der Waals surface area (Å²) in [4.78, 5) is 0. The Hall–Kier alpha value is -0.430. The van der Waals surface area contributed by atoms with Crippen molar-refractivity contribution in [2.45, 2.75) is 97.2 Å². The minimum absolute atomic E-state index is 0.591. The average Bonchev–Trinajstić information content (AvgIpc) is 2.62. The maximum atomic E-state index is 2.37. The Morgan fingerprint density at radius 1 is 0.583 bits per heavy atom. The molecular formula is C23H41S+. The fraction of sp³-hybridized carbons (Fsp3) is 0.739. The van der Waals surface area contributed by atoms with Gasteiger partial charge in [0.15, 0.2) is 0 Å². The number of aryl methyl sites for hydroxylation is 1. The van der Waals surface area contributed by atoms with Crippen LogP contribution in [0.2, 0.25) is 0 Å². The zero-order valence-electron chi connectivity index (χ0n) is 16.6. The summed E-state index contributed by atoms with van der Waals surface area (Å²) in [7, 11) is 0.591. The lowest BCUT2D eigenvalue weighted by atomic mass is 10.0. The number of hydrogen-bond acceptors (Lipinski definition) is 0. The fourth-order valence-corrected chi connectivity index (χ4v) is 4.74. The van der Waals surface area contributed by atoms with Gasteiger partial charge in [-0.15, -0.1) is 0 Å². The molecule has 0 spiro atoms. The van der Waals surface area contributed by atoms with Gasteiger partial charge < -0.3 is 0 Å². The maximum absolute atomic E-state index is 2.37. The number of benzene rings is 1. The molecule has 0 aliphatic heterocycles. The molecule has 0 atom stereocenters. The minimum Gasteiger partial charge on any atom is -0.0654 e. The van der Waals surface area contributed by atoms with Gasteiger partial charge in [0.1, 0.15) is 17.3 Å². The van der Waals surface area contributed by atoms with Crippen LogP contribution in [-0.2, 0) is 23.1 Å². The molecule has 0 N–H and O–H groups in total. The third kappa shape index (κ3) is 10.4. The van der Waals surface area contributed by atoms with E-state index in [4.69, 9.17) is 0 Å². The van der Waals surface area contributed by atoms with Crippen molar-refractivity contribution < 1.29 is 0 Å². The molecule has 0 aromatic heterocycles.